The normalized spacial score (nSPS) is 11.5. The van der Waals surface area contributed by atoms with E-state index in [0.717, 1.165) is 5.56 Å². The van der Waals surface area contributed by atoms with Gasteiger partial charge in [0.15, 0.2) is 17.2 Å². The second kappa shape index (κ2) is 7.44. The summed E-state index contributed by atoms with van der Waals surface area (Å²) in [6, 6.07) is 7.67. The molecule has 0 aliphatic heterocycles. The van der Waals surface area contributed by atoms with Crippen LogP contribution < -0.4 is 4.74 Å². The third kappa shape index (κ3) is 4.55. The van der Waals surface area contributed by atoms with Crippen LogP contribution in [0.1, 0.15) is 31.1 Å². The highest BCUT2D eigenvalue weighted by molar-refractivity contribution is 5.66. The van der Waals surface area contributed by atoms with Crippen molar-refractivity contribution in [2.45, 2.75) is 39.3 Å². The fourth-order valence-electron chi connectivity index (χ4n) is 2.39. The molecule has 1 N–H and O–H groups in total. The molecule has 0 saturated heterocycles. The predicted molar refractivity (Wildman–Crippen MR) is 88.1 cm³/mol. The third-order valence-electron chi connectivity index (χ3n) is 3.43. The molecular weight excluding hydrogens is 310 g/mol. The highest BCUT2D eigenvalue weighted by Crippen LogP contribution is 2.27. The molecule has 0 aliphatic rings. The molecule has 0 saturated carbocycles. The Kier molecular flexibility index (Phi) is 5.56. The largest absolute Gasteiger partial charge is 0.480 e. The van der Waals surface area contributed by atoms with E-state index in [9.17, 15) is 4.79 Å². The van der Waals surface area contributed by atoms with Gasteiger partial charge >= 0.3 is 5.97 Å². The number of hydrogen-bond acceptors (Lipinski definition) is 5. The van der Waals surface area contributed by atoms with Crippen LogP contribution >= 0.6 is 0 Å². The molecule has 0 aliphatic carbocycles. The molecule has 1 aromatic carbocycles. The molecule has 0 fully saturated rings. The molecule has 0 amide bonds. The van der Waals surface area contributed by atoms with Crippen molar-refractivity contribution >= 4 is 5.97 Å². The van der Waals surface area contributed by atoms with E-state index in [1.807, 2.05) is 45.0 Å². The Morgan fingerprint density at radius 3 is 2.75 bits per heavy atom. The molecule has 0 bridgehead atoms. The number of carboxylic acid groups (broad SMARTS) is 1. The molecule has 0 radical (unpaired) electrons. The van der Waals surface area contributed by atoms with Crippen molar-refractivity contribution < 1.29 is 19.4 Å². The number of carboxylic acids is 1. The molecule has 1 aromatic heterocycles. The van der Waals surface area contributed by atoms with Gasteiger partial charge in [0.25, 0.3) is 0 Å². The van der Waals surface area contributed by atoms with E-state index in [-0.39, 0.29) is 6.54 Å². The van der Waals surface area contributed by atoms with Gasteiger partial charge in [0.2, 0.25) is 0 Å². The lowest BCUT2D eigenvalue weighted by molar-refractivity contribution is -0.138. The maximum Gasteiger partial charge on any atom is 0.325 e. The van der Waals surface area contributed by atoms with E-state index in [4.69, 9.17) is 14.6 Å². The smallest absolute Gasteiger partial charge is 0.325 e. The molecule has 2 aromatic rings. The van der Waals surface area contributed by atoms with Gasteiger partial charge in [0, 0.05) is 13.5 Å². The monoisotopic (exact) mass is 333 g/mol. The van der Waals surface area contributed by atoms with Crippen LogP contribution in [0.3, 0.4) is 0 Å². The zero-order valence-corrected chi connectivity index (χ0v) is 14.4. The van der Waals surface area contributed by atoms with Gasteiger partial charge in [0.05, 0.1) is 6.61 Å². The van der Waals surface area contributed by atoms with Crippen LogP contribution in [-0.2, 0) is 28.1 Å². The topological polar surface area (TPSA) is 86.5 Å². The fourth-order valence-corrected chi connectivity index (χ4v) is 2.39. The van der Waals surface area contributed by atoms with Crippen molar-refractivity contribution in [1.29, 1.82) is 0 Å². The summed E-state index contributed by atoms with van der Waals surface area (Å²) in [7, 11) is 1.60. The van der Waals surface area contributed by atoms with Gasteiger partial charge < -0.3 is 14.6 Å². The molecular formula is C17H23N3O4. The average Bonchev–Trinajstić information content (AvgIpc) is 2.87. The van der Waals surface area contributed by atoms with E-state index < -0.39 is 11.6 Å². The van der Waals surface area contributed by atoms with Crippen LogP contribution in [0.5, 0.6) is 5.75 Å². The highest BCUT2D eigenvalue weighted by Gasteiger charge is 2.31. The van der Waals surface area contributed by atoms with Crippen LogP contribution in [0.4, 0.5) is 0 Å². The molecule has 1 heterocycles. The number of aromatic nitrogens is 3. The molecule has 7 heteroatoms. The molecule has 130 valence electrons. The summed E-state index contributed by atoms with van der Waals surface area (Å²) in [6.45, 7) is 5.87. The van der Waals surface area contributed by atoms with Crippen LogP contribution in [0.15, 0.2) is 24.3 Å². The van der Waals surface area contributed by atoms with Gasteiger partial charge in [-0.15, -0.1) is 0 Å². The summed E-state index contributed by atoms with van der Waals surface area (Å²) >= 11 is 0. The standard InChI is InChI=1S/C17H23N3O4/c1-12-6-5-7-13(10-12)24-17(2,3)16-18-14(8-9-23-4)19-20(16)11-15(21)22/h5-7,10H,8-9,11H2,1-4H3,(H,21,22). The summed E-state index contributed by atoms with van der Waals surface area (Å²) in [4.78, 5) is 15.6. The van der Waals surface area contributed by atoms with Gasteiger partial charge in [-0.2, -0.15) is 5.10 Å². The molecule has 7 nitrogen and oxygen atoms in total. The van der Waals surface area contributed by atoms with Crippen molar-refractivity contribution in [2.24, 2.45) is 0 Å². The second-order valence-corrected chi connectivity index (χ2v) is 6.07. The minimum Gasteiger partial charge on any atom is -0.480 e. The first-order chi connectivity index (χ1) is 11.3. The van der Waals surface area contributed by atoms with Gasteiger partial charge in [-0.05, 0) is 38.5 Å². The zero-order valence-electron chi connectivity index (χ0n) is 14.4. The Morgan fingerprint density at radius 2 is 2.12 bits per heavy atom. The summed E-state index contributed by atoms with van der Waals surface area (Å²) in [6.07, 6.45) is 0.511. The lowest BCUT2D eigenvalue weighted by Gasteiger charge is -2.25. The number of carbonyl (C=O) groups is 1. The number of ether oxygens (including phenoxy) is 2. The van der Waals surface area contributed by atoms with Crippen molar-refractivity contribution in [3.05, 3.63) is 41.5 Å². The number of hydrogen-bond donors (Lipinski definition) is 1. The number of methoxy groups -OCH3 is 1. The average molecular weight is 333 g/mol. The Morgan fingerprint density at radius 1 is 1.38 bits per heavy atom. The van der Waals surface area contributed by atoms with Gasteiger partial charge in [-0.3, -0.25) is 4.79 Å². The number of aryl methyl sites for hydroxylation is 1. The van der Waals surface area contributed by atoms with Crippen LogP contribution in [0.25, 0.3) is 0 Å². The van der Waals surface area contributed by atoms with Crippen molar-refractivity contribution in [3.63, 3.8) is 0 Å². The Balaban J connectivity index is 2.31. The van der Waals surface area contributed by atoms with E-state index in [2.05, 4.69) is 10.1 Å². The van der Waals surface area contributed by atoms with Gasteiger partial charge in [-0.1, -0.05) is 12.1 Å². The van der Waals surface area contributed by atoms with E-state index in [1.165, 1.54) is 4.68 Å². The van der Waals surface area contributed by atoms with Crippen molar-refractivity contribution in [3.8, 4) is 5.75 Å². The van der Waals surface area contributed by atoms with Gasteiger partial charge in [0.1, 0.15) is 12.3 Å². The van der Waals surface area contributed by atoms with Crippen LogP contribution in [0, 0.1) is 6.92 Å². The fraction of sp³-hybridized carbons (Fsp3) is 0.471. The number of rotatable bonds is 8. The Hall–Kier alpha value is -2.41. The molecule has 0 spiro atoms. The first-order valence-electron chi connectivity index (χ1n) is 7.72. The zero-order chi connectivity index (χ0) is 17.7. The minimum absolute atomic E-state index is 0.268. The maximum atomic E-state index is 11.1. The molecule has 0 unspecified atom stereocenters. The predicted octanol–water partition coefficient (Wildman–Crippen LogP) is 2.17. The molecule has 24 heavy (non-hydrogen) atoms. The minimum atomic E-state index is -0.981. The maximum absolute atomic E-state index is 11.1. The second-order valence-electron chi connectivity index (χ2n) is 6.07. The SMILES string of the molecule is COCCc1nc(C(C)(C)Oc2cccc(C)c2)n(CC(=O)O)n1. The Bertz CT molecular complexity index is 710. The van der Waals surface area contributed by atoms with Gasteiger partial charge in [-0.25, -0.2) is 9.67 Å². The molecule has 0 atom stereocenters. The summed E-state index contributed by atoms with van der Waals surface area (Å²) in [5.41, 5.74) is 0.248. The quantitative estimate of drug-likeness (QED) is 0.797. The van der Waals surface area contributed by atoms with Crippen LogP contribution in [0.2, 0.25) is 0 Å². The van der Waals surface area contributed by atoms with Crippen molar-refractivity contribution in [1.82, 2.24) is 14.8 Å². The third-order valence-corrected chi connectivity index (χ3v) is 3.43. The van der Waals surface area contributed by atoms with Crippen molar-refractivity contribution in [2.75, 3.05) is 13.7 Å². The van der Waals surface area contributed by atoms with E-state index >= 15 is 0 Å². The molecule has 2 rings (SSSR count). The number of aliphatic carboxylic acids is 1. The number of nitrogens with zero attached hydrogens (tertiary/aromatic N) is 3. The summed E-state index contributed by atoms with van der Waals surface area (Å²) in [5, 5.41) is 13.4. The summed E-state index contributed by atoms with van der Waals surface area (Å²) < 4.78 is 12.5. The van der Waals surface area contributed by atoms with E-state index in [1.54, 1.807) is 7.11 Å². The first kappa shape index (κ1) is 17.9. The summed E-state index contributed by atoms with van der Waals surface area (Å²) in [5.74, 6) is 0.723. The Labute approximate surface area is 141 Å². The first-order valence-corrected chi connectivity index (χ1v) is 7.72. The van der Waals surface area contributed by atoms with E-state index in [0.29, 0.717) is 30.4 Å². The number of benzene rings is 1. The van der Waals surface area contributed by atoms with Crippen LogP contribution in [-0.4, -0.2) is 39.6 Å². The lowest BCUT2D eigenvalue weighted by Crippen LogP contribution is -2.31. The highest BCUT2D eigenvalue weighted by atomic mass is 16.5. The lowest BCUT2D eigenvalue weighted by atomic mass is 10.1.